The predicted molar refractivity (Wildman–Crippen MR) is 75.5 cm³/mol. The third-order valence-corrected chi connectivity index (χ3v) is 3.85. The van der Waals surface area contributed by atoms with Crippen molar-refractivity contribution in [2.24, 2.45) is 0 Å². The fraction of sp³-hybridized carbons (Fsp3) is 1.00. The molecular formula is C14H31N3. The van der Waals surface area contributed by atoms with Crippen molar-refractivity contribution >= 4 is 0 Å². The molecule has 0 spiro atoms. The van der Waals surface area contributed by atoms with Gasteiger partial charge in [0, 0.05) is 31.7 Å². The summed E-state index contributed by atoms with van der Waals surface area (Å²) in [5.74, 6) is 0. The van der Waals surface area contributed by atoms with Crippen LogP contribution in [0.1, 0.15) is 40.0 Å². The SMILES string of the molecule is CCCNCC(CC)N1CCCN(C)CC1C. The minimum absolute atomic E-state index is 0.691. The maximum Gasteiger partial charge on any atom is 0.0221 e. The van der Waals surface area contributed by atoms with Gasteiger partial charge in [-0.15, -0.1) is 0 Å². The van der Waals surface area contributed by atoms with Crippen molar-refractivity contribution in [2.75, 3.05) is 39.8 Å². The Morgan fingerprint density at radius 2 is 2.06 bits per heavy atom. The first-order valence-electron chi connectivity index (χ1n) is 7.34. The summed E-state index contributed by atoms with van der Waals surface area (Å²) in [5.41, 5.74) is 0. The number of hydrogen-bond donors (Lipinski definition) is 1. The molecule has 1 saturated heterocycles. The summed E-state index contributed by atoms with van der Waals surface area (Å²) in [7, 11) is 2.25. The fourth-order valence-corrected chi connectivity index (χ4v) is 2.87. The molecule has 0 aliphatic carbocycles. The second kappa shape index (κ2) is 8.06. The minimum Gasteiger partial charge on any atom is -0.315 e. The number of hydrogen-bond acceptors (Lipinski definition) is 3. The average Bonchev–Trinajstić information content (AvgIpc) is 2.46. The summed E-state index contributed by atoms with van der Waals surface area (Å²) in [4.78, 5) is 5.18. The first-order valence-corrected chi connectivity index (χ1v) is 7.34. The summed E-state index contributed by atoms with van der Waals surface area (Å²) >= 11 is 0. The minimum atomic E-state index is 0.691. The van der Waals surface area contributed by atoms with E-state index in [9.17, 15) is 0 Å². The van der Waals surface area contributed by atoms with Crippen molar-refractivity contribution in [2.45, 2.75) is 52.1 Å². The van der Waals surface area contributed by atoms with Crippen LogP contribution in [0.15, 0.2) is 0 Å². The monoisotopic (exact) mass is 241 g/mol. The Bertz CT molecular complexity index is 196. The average molecular weight is 241 g/mol. The van der Waals surface area contributed by atoms with Crippen LogP contribution in [-0.4, -0.2) is 61.7 Å². The molecule has 1 aliphatic rings. The quantitative estimate of drug-likeness (QED) is 0.715. The standard InChI is InChI=1S/C14H31N3/c1-5-8-15-11-14(6-2)17-10-7-9-16(4)12-13(17)3/h13-15H,5-12H2,1-4H3. The summed E-state index contributed by atoms with van der Waals surface area (Å²) in [6, 6.07) is 1.40. The van der Waals surface area contributed by atoms with Crippen LogP contribution in [0.5, 0.6) is 0 Å². The van der Waals surface area contributed by atoms with Crippen molar-refractivity contribution in [1.29, 1.82) is 0 Å². The highest BCUT2D eigenvalue weighted by Crippen LogP contribution is 2.14. The largest absolute Gasteiger partial charge is 0.315 e. The van der Waals surface area contributed by atoms with E-state index in [1.807, 2.05) is 0 Å². The lowest BCUT2D eigenvalue weighted by Gasteiger charge is -2.35. The van der Waals surface area contributed by atoms with Gasteiger partial charge in [0.25, 0.3) is 0 Å². The van der Waals surface area contributed by atoms with E-state index >= 15 is 0 Å². The molecule has 102 valence electrons. The van der Waals surface area contributed by atoms with Gasteiger partial charge in [-0.25, -0.2) is 0 Å². The van der Waals surface area contributed by atoms with E-state index in [0.29, 0.717) is 12.1 Å². The summed E-state index contributed by atoms with van der Waals surface area (Å²) in [6.07, 6.45) is 3.80. The molecule has 0 amide bonds. The van der Waals surface area contributed by atoms with Crippen LogP contribution < -0.4 is 5.32 Å². The first-order chi connectivity index (χ1) is 8.19. The van der Waals surface area contributed by atoms with Gasteiger partial charge in [-0.3, -0.25) is 4.90 Å². The van der Waals surface area contributed by atoms with Crippen LogP contribution in [-0.2, 0) is 0 Å². The van der Waals surface area contributed by atoms with Gasteiger partial charge in [-0.1, -0.05) is 13.8 Å². The van der Waals surface area contributed by atoms with E-state index in [-0.39, 0.29) is 0 Å². The van der Waals surface area contributed by atoms with Gasteiger partial charge in [-0.2, -0.15) is 0 Å². The molecule has 1 rings (SSSR count). The zero-order valence-electron chi connectivity index (χ0n) is 12.2. The molecule has 0 aromatic rings. The number of nitrogens with zero attached hydrogens (tertiary/aromatic N) is 2. The zero-order chi connectivity index (χ0) is 12.7. The maximum absolute atomic E-state index is 3.58. The van der Waals surface area contributed by atoms with Gasteiger partial charge in [0.1, 0.15) is 0 Å². The van der Waals surface area contributed by atoms with Crippen LogP contribution in [0.2, 0.25) is 0 Å². The number of rotatable bonds is 6. The lowest BCUT2D eigenvalue weighted by Crippen LogP contribution is -2.48. The summed E-state index contributed by atoms with van der Waals surface area (Å²) < 4.78 is 0. The molecule has 2 atom stereocenters. The van der Waals surface area contributed by atoms with Gasteiger partial charge in [0.05, 0.1) is 0 Å². The lowest BCUT2D eigenvalue weighted by molar-refractivity contribution is 0.136. The van der Waals surface area contributed by atoms with Gasteiger partial charge in [-0.05, 0) is 46.3 Å². The van der Waals surface area contributed by atoms with E-state index in [1.54, 1.807) is 0 Å². The zero-order valence-corrected chi connectivity index (χ0v) is 12.2. The molecule has 17 heavy (non-hydrogen) atoms. The van der Waals surface area contributed by atoms with Gasteiger partial charge in [0.2, 0.25) is 0 Å². The molecule has 3 nitrogen and oxygen atoms in total. The predicted octanol–water partition coefficient (Wildman–Crippen LogP) is 1.79. The maximum atomic E-state index is 3.58. The molecule has 3 heteroatoms. The Kier molecular flexibility index (Phi) is 7.09. The Labute approximate surface area is 108 Å². The highest BCUT2D eigenvalue weighted by Gasteiger charge is 2.24. The van der Waals surface area contributed by atoms with Crippen LogP contribution in [0.4, 0.5) is 0 Å². The second-order valence-corrected chi connectivity index (χ2v) is 5.47. The molecule has 0 bridgehead atoms. The van der Waals surface area contributed by atoms with Crippen LogP contribution in [0, 0.1) is 0 Å². The van der Waals surface area contributed by atoms with Crippen LogP contribution in [0.3, 0.4) is 0 Å². The highest BCUT2D eigenvalue weighted by molar-refractivity contribution is 4.82. The Morgan fingerprint density at radius 1 is 1.29 bits per heavy atom. The number of likely N-dealkylation sites (N-methyl/N-ethyl adjacent to an activating group) is 1. The van der Waals surface area contributed by atoms with Crippen molar-refractivity contribution in [3.63, 3.8) is 0 Å². The van der Waals surface area contributed by atoms with E-state index in [2.05, 4.69) is 42.9 Å². The van der Waals surface area contributed by atoms with E-state index in [4.69, 9.17) is 0 Å². The molecule has 0 aromatic carbocycles. The van der Waals surface area contributed by atoms with Gasteiger partial charge in [0.15, 0.2) is 0 Å². The molecule has 1 aliphatic heterocycles. The summed E-state index contributed by atoms with van der Waals surface area (Å²) in [6.45, 7) is 13.0. The van der Waals surface area contributed by atoms with Gasteiger partial charge >= 0.3 is 0 Å². The Hall–Kier alpha value is -0.120. The molecule has 1 N–H and O–H groups in total. The van der Waals surface area contributed by atoms with Crippen LogP contribution >= 0.6 is 0 Å². The smallest absolute Gasteiger partial charge is 0.0221 e. The van der Waals surface area contributed by atoms with Crippen LogP contribution in [0.25, 0.3) is 0 Å². The van der Waals surface area contributed by atoms with E-state index in [0.717, 1.165) is 13.1 Å². The highest BCUT2D eigenvalue weighted by atomic mass is 15.3. The van der Waals surface area contributed by atoms with Gasteiger partial charge < -0.3 is 10.2 Å². The third-order valence-electron chi connectivity index (χ3n) is 3.85. The topological polar surface area (TPSA) is 18.5 Å². The lowest BCUT2D eigenvalue weighted by atomic mass is 10.1. The second-order valence-electron chi connectivity index (χ2n) is 5.47. The van der Waals surface area contributed by atoms with Crippen molar-refractivity contribution in [3.05, 3.63) is 0 Å². The Balaban J connectivity index is 2.47. The van der Waals surface area contributed by atoms with E-state index in [1.165, 1.54) is 38.9 Å². The molecular weight excluding hydrogens is 210 g/mol. The molecule has 0 saturated carbocycles. The normalized spacial score (nSPS) is 25.8. The molecule has 2 unspecified atom stereocenters. The third kappa shape index (κ3) is 4.94. The van der Waals surface area contributed by atoms with E-state index < -0.39 is 0 Å². The summed E-state index contributed by atoms with van der Waals surface area (Å²) in [5, 5.41) is 3.58. The fourth-order valence-electron chi connectivity index (χ4n) is 2.87. The number of nitrogens with one attached hydrogen (secondary N) is 1. The molecule has 1 heterocycles. The molecule has 1 fully saturated rings. The Morgan fingerprint density at radius 3 is 2.71 bits per heavy atom. The van der Waals surface area contributed by atoms with Crippen molar-refractivity contribution in [3.8, 4) is 0 Å². The molecule has 0 aromatic heterocycles. The molecule has 0 radical (unpaired) electrons. The van der Waals surface area contributed by atoms with Crippen molar-refractivity contribution in [1.82, 2.24) is 15.1 Å². The first kappa shape index (κ1) is 14.9. The van der Waals surface area contributed by atoms with Crippen molar-refractivity contribution < 1.29 is 0 Å².